The summed E-state index contributed by atoms with van der Waals surface area (Å²) in [5.41, 5.74) is 0.571. The minimum atomic E-state index is -3.72. The van der Waals surface area contributed by atoms with Crippen molar-refractivity contribution in [3.8, 4) is 11.5 Å². The smallest absolute Gasteiger partial charge is 0.253 e. The average molecular weight is 500 g/mol. The molecule has 4 rings (SSSR count). The van der Waals surface area contributed by atoms with Crippen LogP contribution in [0, 0.1) is 0 Å². The molecule has 0 atom stereocenters. The molecule has 0 spiro atoms. The second-order valence-electron chi connectivity index (χ2n) is 7.51. The molecule has 0 unspecified atom stereocenters. The highest BCUT2D eigenvalue weighted by atomic mass is 32.2. The van der Waals surface area contributed by atoms with Crippen molar-refractivity contribution < 1.29 is 22.7 Å². The highest BCUT2D eigenvalue weighted by Gasteiger charge is 2.31. The number of sulfonamides is 1. The normalized spacial score (nSPS) is 14.6. The summed E-state index contributed by atoms with van der Waals surface area (Å²) in [4.78, 5) is 20.1. The van der Waals surface area contributed by atoms with E-state index in [1.807, 2.05) is 30.3 Å². The molecule has 1 aliphatic rings. The summed E-state index contributed by atoms with van der Waals surface area (Å²) >= 11 is 1.52. The third-order valence-electron chi connectivity index (χ3n) is 5.48. The van der Waals surface area contributed by atoms with Crippen molar-refractivity contribution in [1.82, 2.24) is 14.2 Å². The van der Waals surface area contributed by atoms with Crippen molar-refractivity contribution in [2.24, 2.45) is 0 Å². The van der Waals surface area contributed by atoms with Crippen molar-refractivity contribution >= 4 is 27.7 Å². The predicted molar refractivity (Wildman–Crippen MR) is 129 cm³/mol. The summed E-state index contributed by atoms with van der Waals surface area (Å²) < 4.78 is 38.0. The van der Waals surface area contributed by atoms with Crippen LogP contribution in [0.3, 0.4) is 0 Å². The summed E-state index contributed by atoms with van der Waals surface area (Å²) in [6.07, 6.45) is 1.74. The average Bonchev–Trinajstić information content (AvgIpc) is 2.89. The summed E-state index contributed by atoms with van der Waals surface area (Å²) in [7, 11) is -0.762. The molecular formula is C24H25N3O5S2. The van der Waals surface area contributed by atoms with E-state index in [0.717, 1.165) is 9.92 Å². The Morgan fingerprint density at radius 2 is 1.62 bits per heavy atom. The number of aromatic nitrogens is 1. The minimum absolute atomic E-state index is 0.113. The van der Waals surface area contributed by atoms with Gasteiger partial charge < -0.3 is 14.4 Å². The number of methoxy groups -OCH3 is 2. The van der Waals surface area contributed by atoms with Crippen molar-refractivity contribution in [2.45, 2.75) is 14.8 Å². The Labute approximate surface area is 203 Å². The molecule has 8 nitrogen and oxygen atoms in total. The van der Waals surface area contributed by atoms with Gasteiger partial charge in [-0.3, -0.25) is 4.79 Å². The van der Waals surface area contributed by atoms with Crippen LogP contribution in [0.5, 0.6) is 11.5 Å². The van der Waals surface area contributed by atoms with Crippen LogP contribution in [0.4, 0.5) is 0 Å². The standard InChI is InChI=1S/C24H25N3O5S2/c1-31-21-11-10-20(17-22(21)32-2)34(29,30)27-15-13-26(14-16-27)24(28)18-6-8-19(9-7-18)33-23-5-3-4-12-25-23/h3-12,17H,13-16H2,1-2H3. The number of amides is 1. The molecule has 178 valence electrons. The molecule has 0 radical (unpaired) electrons. The van der Waals surface area contributed by atoms with Crippen LogP contribution in [0.15, 0.2) is 81.7 Å². The largest absolute Gasteiger partial charge is 0.493 e. The van der Waals surface area contributed by atoms with E-state index >= 15 is 0 Å². The lowest BCUT2D eigenvalue weighted by molar-refractivity contribution is 0.0698. The predicted octanol–water partition coefficient (Wildman–Crippen LogP) is 3.40. The zero-order valence-electron chi connectivity index (χ0n) is 18.9. The van der Waals surface area contributed by atoms with Crippen molar-refractivity contribution in [3.05, 3.63) is 72.4 Å². The van der Waals surface area contributed by atoms with Crippen molar-refractivity contribution in [3.63, 3.8) is 0 Å². The first kappa shape index (κ1) is 24.1. The fourth-order valence-electron chi connectivity index (χ4n) is 3.63. The third kappa shape index (κ3) is 5.19. The van der Waals surface area contributed by atoms with Crippen LogP contribution in [0.25, 0.3) is 0 Å². The zero-order chi connectivity index (χ0) is 24.1. The number of benzene rings is 2. The molecule has 1 saturated heterocycles. The van der Waals surface area contributed by atoms with Gasteiger partial charge in [-0.15, -0.1) is 0 Å². The van der Waals surface area contributed by atoms with Gasteiger partial charge in [-0.05, 0) is 48.5 Å². The second kappa shape index (κ2) is 10.5. The molecule has 0 saturated carbocycles. The topological polar surface area (TPSA) is 89.0 Å². The van der Waals surface area contributed by atoms with Crippen LogP contribution >= 0.6 is 11.8 Å². The molecule has 1 aliphatic heterocycles. The molecule has 10 heteroatoms. The number of piperazine rings is 1. The van der Waals surface area contributed by atoms with Gasteiger partial charge in [-0.1, -0.05) is 17.8 Å². The first-order valence-electron chi connectivity index (χ1n) is 10.6. The summed E-state index contributed by atoms with van der Waals surface area (Å²) in [5, 5.41) is 0.883. The SMILES string of the molecule is COc1ccc(S(=O)(=O)N2CCN(C(=O)c3ccc(Sc4ccccn4)cc3)CC2)cc1OC. The number of carbonyl (C=O) groups excluding carboxylic acids is 1. The molecule has 0 aliphatic carbocycles. The summed E-state index contributed by atoms with van der Waals surface area (Å²) in [6.45, 7) is 1.07. The maximum absolute atomic E-state index is 13.1. The van der Waals surface area contributed by atoms with E-state index in [-0.39, 0.29) is 23.9 Å². The fraction of sp³-hybridized carbons (Fsp3) is 0.250. The van der Waals surface area contributed by atoms with E-state index in [1.165, 1.54) is 42.4 Å². The Balaban J connectivity index is 1.39. The minimum Gasteiger partial charge on any atom is -0.493 e. The van der Waals surface area contributed by atoms with E-state index in [9.17, 15) is 13.2 Å². The van der Waals surface area contributed by atoms with Crippen LogP contribution < -0.4 is 9.47 Å². The maximum Gasteiger partial charge on any atom is 0.253 e. The fourth-order valence-corrected chi connectivity index (χ4v) is 5.85. The lowest BCUT2D eigenvalue weighted by Gasteiger charge is -2.34. The first-order chi connectivity index (χ1) is 16.4. The van der Waals surface area contributed by atoms with E-state index < -0.39 is 10.0 Å². The van der Waals surface area contributed by atoms with Gasteiger partial charge in [0.1, 0.15) is 5.03 Å². The summed E-state index contributed by atoms with van der Waals surface area (Å²) in [5.74, 6) is 0.695. The molecule has 2 aromatic carbocycles. The van der Waals surface area contributed by atoms with Gasteiger partial charge in [0.05, 0.1) is 19.1 Å². The van der Waals surface area contributed by atoms with E-state index in [1.54, 1.807) is 29.3 Å². The highest BCUT2D eigenvalue weighted by Crippen LogP contribution is 2.31. The van der Waals surface area contributed by atoms with Crippen LogP contribution in [0.1, 0.15) is 10.4 Å². The van der Waals surface area contributed by atoms with Gasteiger partial charge in [-0.2, -0.15) is 4.31 Å². The van der Waals surface area contributed by atoms with Crippen molar-refractivity contribution in [1.29, 1.82) is 0 Å². The second-order valence-corrected chi connectivity index (χ2v) is 10.5. The maximum atomic E-state index is 13.1. The lowest BCUT2D eigenvalue weighted by atomic mass is 10.2. The molecule has 34 heavy (non-hydrogen) atoms. The number of nitrogens with zero attached hydrogens (tertiary/aromatic N) is 3. The molecule has 0 bridgehead atoms. The molecule has 1 fully saturated rings. The van der Waals surface area contributed by atoms with Crippen molar-refractivity contribution in [2.75, 3.05) is 40.4 Å². The van der Waals surface area contributed by atoms with Gasteiger partial charge in [0.15, 0.2) is 11.5 Å². The number of hydrogen-bond donors (Lipinski definition) is 0. The van der Waals surface area contributed by atoms with Gasteiger partial charge in [-0.25, -0.2) is 13.4 Å². The van der Waals surface area contributed by atoms with E-state index in [4.69, 9.17) is 9.47 Å². The molecular weight excluding hydrogens is 474 g/mol. The number of hydrogen-bond acceptors (Lipinski definition) is 7. The Bertz CT molecular complexity index is 1240. The quantitative estimate of drug-likeness (QED) is 0.492. The zero-order valence-corrected chi connectivity index (χ0v) is 20.5. The Hall–Kier alpha value is -3.08. The third-order valence-corrected chi connectivity index (χ3v) is 8.33. The number of rotatable bonds is 7. The molecule has 1 aromatic heterocycles. The van der Waals surface area contributed by atoms with E-state index in [0.29, 0.717) is 30.2 Å². The first-order valence-corrected chi connectivity index (χ1v) is 12.9. The lowest BCUT2D eigenvalue weighted by Crippen LogP contribution is -2.50. The van der Waals surface area contributed by atoms with Crippen LogP contribution in [-0.2, 0) is 10.0 Å². The highest BCUT2D eigenvalue weighted by molar-refractivity contribution is 7.99. The van der Waals surface area contributed by atoms with Crippen LogP contribution in [-0.4, -0.2) is 68.9 Å². The number of pyridine rings is 1. The monoisotopic (exact) mass is 499 g/mol. The van der Waals surface area contributed by atoms with Gasteiger partial charge >= 0.3 is 0 Å². The van der Waals surface area contributed by atoms with Gasteiger partial charge in [0.2, 0.25) is 10.0 Å². The van der Waals surface area contributed by atoms with Gasteiger partial charge in [0, 0.05) is 48.9 Å². The number of ether oxygens (including phenoxy) is 2. The number of carbonyl (C=O) groups is 1. The van der Waals surface area contributed by atoms with E-state index in [2.05, 4.69) is 4.98 Å². The molecule has 1 amide bonds. The Morgan fingerprint density at radius 3 is 2.24 bits per heavy atom. The summed E-state index contributed by atoms with van der Waals surface area (Å²) in [6, 6.07) is 17.6. The molecule has 3 aromatic rings. The Kier molecular flexibility index (Phi) is 7.40. The van der Waals surface area contributed by atoms with Crippen LogP contribution in [0.2, 0.25) is 0 Å². The molecule has 2 heterocycles. The van der Waals surface area contributed by atoms with Gasteiger partial charge in [0.25, 0.3) is 5.91 Å². The Morgan fingerprint density at radius 1 is 0.912 bits per heavy atom. The molecule has 0 N–H and O–H groups in total.